The van der Waals surface area contributed by atoms with Crippen molar-refractivity contribution >= 4 is 12.5 Å². The van der Waals surface area contributed by atoms with Gasteiger partial charge in [0.15, 0.2) is 12.5 Å². The standard InChI is InChI=1S/C21H29BO/c1-7-12-22-14-20-18(10-9-11-19(20)17(6)23)13-21(22,8-2)16(5)15(3)4/h7-12,15-16H,2,13-14H2,1,3-6H3/b12-7-. The largest absolute Gasteiger partial charge is 0.295 e. The van der Waals surface area contributed by atoms with Crippen LogP contribution in [0.5, 0.6) is 0 Å². The van der Waals surface area contributed by atoms with Crippen LogP contribution in [0.3, 0.4) is 0 Å². The van der Waals surface area contributed by atoms with E-state index in [1.165, 1.54) is 11.1 Å². The number of carbonyl (C=O) groups excluding carboxylic acids is 1. The zero-order chi connectivity index (χ0) is 17.2. The van der Waals surface area contributed by atoms with Gasteiger partial charge < -0.3 is 0 Å². The van der Waals surface area contributed by atoms with Gasteiger partial charge in [0.25, 0.3) is 0 Å². The van der Waals surface area contributed by atoms with Crippen molar-refractivity contribution in [3.8, 4) is 0 Å². The van der Waals surface area contributed by atoms with Gasteiger partial charge in [0.05, 0.1) is 0 Å². The Labute approximate surface area is 142 Å². The lowest BCUT2D eigenvalue weighted by Gasteiger charge is -2.46. The Hall–Kier alpha value is -1.57. The highest BCUT2D eigenvalue weighted by atomic mass is 16.1. The van der Waals surface area contributed by atoms with Crippen molar-refractivity contribution in [3.05, 3.63) is 59.6 Å². The van der Waals surface area contributed by atoms with Crippen molar-refractivity contribution in [2.45, 2.75) is 52.7 Å². The van der Waals surface area contributed by atoms with Crippen LogP contribution in [0.25, 0.3) is 0 Å². The Kier molecular flexibility index (Phi) is 5.34. The van der Waals surface area contributed by atoms with Crippen molar-refractivity contribution in [2.75, 3.05) is 0 Å². The molecule has 0 spiro atoms. The van der Waals surface area contributed by atoms with E-state index in [1.54, 1.807) is 6.92 Å². The molecule has 0 aromatic heterocycles. The highest BCUT2D eigenvalue weighted by molar-refractivity contribution is 6.68. The Morgan fingerprint density at radius 3 is 2.57 bits per heavy atom. The molecule has 0 fully saturated rings. The van der Waals surface area contributed by atoms with Crippen LogP contribution in [0.4, 0.5) is 0 Å². The maximum absolute atomic E-state index is 12.0. The van der Waals surface area contributed by atoms with E-state index < -0.39 is 0 Å². The third-order valence-electron chi connectivity index (χ3n) is 5.92. The Morgan fingerprint density at radius 2 is 2.04 bits per heavy atom. The van der Waals surface area contributed by atoms with Crippen molar-refractivity contribution in [2.24, 2.45) is 11.8 Å². The predicted molar refractivity (Wildman–Crippen MR) is 101 cm³/mol. The number of allylic oxidation sites excluding steroid dienone is 2. The zero-order valence-corrected chi connectivity index (χ0v) is 15.2. The summed E-state index contributed by atoms with van der Waals surface area (Å²) in [6.45, 7) is 15.3. The molecule has 0 saturated carbocycles. The van der Waals surface area contributed by atoms with Crippen molar-refractivity contribution in [1.82, 2.24) is 0 Å². The summed E-state index contributed by atoms with van der Waals surface area (Å²) in [4.78, 5) is 12.0. The fourth-order valence-electron chi connectivity index (χ4n) is 4.25. The first-order valence-corrected chi connectivity index (χ1v) is 8.75. The van der Waals surface area contributed by atoms with Crippen LogP contribution >= 0.6 is 0 Å². The molecule has 0 bridgehead atoms. The number of ketones is 1. The number of benzene rings is 1. The number of Topliss-reactive ketones (excluding diaryl/α,β-unsaturated/α-hetero) is 1. The summed E-state index contributed by atoms with van der Waals surface area (Å²) in [6, 6.07) is 6.19. The molecule has 1 nitrogen and oxygen atoms in total. The van der Waals surface area contributed by atoms with Gasteiger partial charge in [-0.05, 0) is 54.9 Å². The molecule has 0 aliphatic carbocycles. The molecular weight excluding hydrogens is 279 g/mol. The fraction of sp³-hybridized carbons (Fsp3) is 0.476. The monoisotopic (exact) mass is 308 g/mol. The predicted octanol–water partition coefficient (Wildman–Crippen LogP) is 5.36. The van der Waals surface area contributed by atoms with E-state index in [9.17, 15) is 4.79 Å². The maximum atomic E-state index is 12.0. The van der Waals surface area contributed by atoms with Gasteiger partial charge in [0, 0.05) is 5.56 Å². The van der Waals surface area contributed by atoms with Gasteiger partial charge in [-0.15, -0.1) is 18.6 Å². The second-order valence-corrected chi connectivity index (χ2v) is 7.36. The van der Waals surface area contributed by atoms with Crippen LogP contribution in [0.15, 0.2) is 42.9 Å². The van der Waals surface area contributed by atoms with Crippen LogP contribution < -0.4 is 0 Å². The van der Waals surface area contributed by atoms with Gasteiger partial charge in [-0.25, -0.2) is 0 Å². The molecule has 2 atom stereocenters. The summed E-state index contributed by atoms with van der Waals surface area (Å²) in [5, 5.41) is 0.0586. The average molecular weight is 308 g/mol. The third-order valence-corrected chi connectivity index (χ3v) is 5.92. The van der Waals surface area contributed by atoms with E-state index in [2.05, 4.69) is 58.5 Å². The normalized spacial score (nSPS) is 22.3. The summed E-state index contributed by atoms with van der Waals surface area (Å²) >= 11 is 0. The van der Waals surface area contributed by atoms with Crippen molar-refractivity contribution in [3.63, 3.8) is 0 Å². The number of rotatable bonds is 5. The van der Waals surface area contributed by atoms with Crippen LogP contribution in [-0.2, 0) is 12.7 Å². The van der Waals surface area contributed by atoms with Crippen molar-refractivity contribution < 1.29 is 4.79 Å². The molecule has 122 valence electrons. The van der Waals surface area contributed by atoms with Crippen LogP contribution in [0.2, 0.25) is 5.31 Å². The van der Waals surface area contributed by atoms with Crippen LogP contribution in [0.1, 0.15) is 56.1 Å². The second-order valence-electron chi connectivity index (χ2n) is 7.36. The lowest BCUT2D eigenvalue weighted by molar-refractivity contribution is 0.101. The minimum Gasteiger partial charge on any atom is -0.295 e. The SMILES string of the molecule is C=CC1(C(C)C(C)C)Cc2cccc(C(C)=O)c2CB1/C=C\C. The second kappa shape index (κ2) is 6.90. The van der Waals surface area contributed by atoms with Gasteiger partial charge in [-0.3, -0.25) is 4.79 Å². The van der Waals surface area contributed by atoms with Gasteiger partial charge >= 0.3 is 0 Å². The van der Waals surface area contributed by atoms with E-state index in [1.807, 2.05) is 12.1 Å². The van der Waals surface area contributed by atoms with Gasteiger partial charge in [0.2, 0.25) is 0 Å². The summed E-state index contributed by atoms with van der Waals surface area (Å²) in [6.07, 6.45) is 6.24. The molecule has 2 heteroatoms. The van der Waals surface area contributed by atoms with E-state index >= 15 is 0 Å². The summed E-state index contributed by atoms with van der Waals surface area (Å²) in [7, 11) is 0. The van der Waals surface area contributed by atoms with Crippen LogP contribution in [0, 0.1) is 11.8 Å². The molecule has 0 N–H and O–H groups in total. The molecule has 1 heterocycles. The molecule has 2 rings (SSSR count). The van der Waals surface area contributed by atoms with Gasteiger partial charge in [0.1, 0.15) is 0 Å². The average Bonchev–Trinajstić information content (AvgIpc) is 2.53. The fourth-order valence-corrected chi connectivity index (χ4v) is 4.25. The summed E-state index contributed by atoms with van der Waals surface area (Å²) in [5.41, 5.74) is 3.47. The molecule has 0 saturated heterocycles. The molecule has 23 heavy (non-hydrogen) atoms. The minimum absolute atomic E-state index is 0.0586. The number of fused-ring (bicyclic) bond motifs is 1. The van der Waals surface area contributed by atoms with E-state index in [0.717, 1.165) is 18.3 Å². The summed E-state index contributed by atoms with van der Waals surface area (Å²) < 4.78 is 0. The molecular formula is C21H29BO. The Balaban J connectivity index is 2.61. The molecule has 2 unspecified atom stereocenters. The van der Waals surface area contributed by atoms with E-state index in [4.69, 9.17) is 0 Å². The van der Waals surface area contributed by atoms with Gasteiger partial charge in [-0.1, -0.05) is 45.0 Å². The number of hydrogen-bond acceptors (Lipinski definition) is 1. The minimum atomic E-state index is 0.0586. The zero-order valence-electron chi connectivity index (χ0n) is 15.2. The summed E-state index contributed by atoms with van der Waals surface area (Å²) in [5.74, 6) is 3.62. The lowest BCUT2D eigenvalue weighted by atomic mass is 9.25. The molecule has 1 aromatic rings. The highest BCUT2D eigenvalue weighted by Crippen LogP contribution is 2.51. The topological polar surface area (TPSA) is 17.1 Å². The molecule has 1 aromatic carbocycles. The highest BCUT2D eigenvalue weighted by Gasteiger charge is 2.46. The van der Waals surface area contributed by atoms with Gasteiger partial charge in [-0.2, -0.15) is 0 Å². The van der Waals surface area contributed by atoms with Crippen LogP contribution in [-0.4, -0.2) is 12.5 Å². The Morgan fingerprint density at radius 1 is 1.35 bits per heavy atom. The smallest absolute Gasteiger partial charge is 0.181 e. The van der Waals surface area contributed by atoms with E-state index in [0.29, 0.717) is 18.5 Å². The molecule has 1 aliphatic rings. The van der Waals surface area contributed by atoms with E-state index in [-0.39, 0.29) is 11.1 Å². The lowest BCUT2D eigenvalue weighted by Crippen LogP contribution is -2.44. The maximum Gasteiger partial charge on any atom is 0.181 e. The molecule has 1 aliphatic heterocycles. The molecule has 0 radical (unpaired) electrons. The van der Waals surface area contributed by atoms with Crippen molar-refractivity contribution in [1.29, 1.82) is 0 Å². The third kappa shape index (κ3) is 3.09. The Bertz CT molecular complexity index is 629. The first kappa shape index (κ1) is 17.8. The number of carbonyl (C=O) groups is 1. The first-order chi connectivity index (χ1) is 10.9. The number of hydrogen-bond donors (Lipinski definition) is 0. The quantitative estimate of drug-likeness (QED) is 0.407. The molecule has 0 amide bonds. The first-order valence-electron chi connectivity index (χ1n) is 8.75.